The first kappa shape index (κ1) is 15.2. The zero-order valence-corrected chi connectivity index (χ0v) is 12.9. The number of thiazole rings is 1. The van der Waals surface area contributed by atoms with E-state index in [0.717, 1.165) is 22.7 Å². The van der Waals surface area contributed by atoms with Gasteiger partial charge in [-0.15, -0.1) is 12.4 Å². The number of nitrogens with zero attached hydrogens (tertiary/aromatic N) is 1. The van der Waals surface area contributed by atoms with Crippen LogP contribution in [0.2, 0.25) is 0 Å². The van der Waals surface area contributed by atoms with E-state index in [0.29, 0.717) is 11.7 Å². The van der Waals surface area contributed by atoms with Crippen LogP contribution in [0.5, 0.6) is 0 Å². The molecule has 1 aromatic heterocycles. The molecule has 0 radical (unpaired) electrons. The molecule has 6 heteroatoms. The Morgan fingerprint density at radius 3 is 3.00 bits per heavy atom. The predicted octanol–water partition coefficient (Wildman–Crippen LogP) is 2.96. The van der Waals surface area contributed by atoms with Crippen molar-refractivity contribution >= 4 is 45.0 Å². The summed E-state index contributed by atoms with van der Waals surface area (Å²) in [6.45, 7) is 3.37. The van der Waals surface area contributed by atoms with Crippen LogP contribution in [0.3, 0.4) is 0 Å². The molecule has 108 valence electrons. The molecular formula is C14H18ClN3OS. The first-order valence-corrected chi connectivity index (χ1v) is 7.40. The van der Waals surface area contributed by atoms with Crippen molar-refractivity contribution in [3.8, 4) is 0 Å². The van der Waals surface area contributed by atoms with Crippen LogP contribution in [0.25, 0.3) is 10.2 Å². The summed E-state index contributed by atoms with van der Waals surface area (Å²) in [4.78, 5) is 16.2. The zero-order chi connectivity index (χ0) is 13.2. The monoisotopic (exact) mass is 311 g/mol. The summed E-state index contributed by atoms with van der Waals surface area (Å²) in [5.74, 6) is 0.773. The SMILES string of the molecule is Cc1ccc2nc(NC(=O)CNCC3CC3)sc2c1.Cl. The first-order valence-electron chi connectivity index (χ1n) is 6.58. The average Bonchev–Trinajstić information content (AvgIpc) is 3.09. The maximum atomic E-state index is 11.8. The lowest BCUT2D eigenvalue weighted by Crippen LogP contribution is -2.29. The zero-order valence-electron chi connectivity index (χ0n) is 11.3. The molecule has 1 aliphatic rings. The molecule has 2 aromatic rings. The molecule has 3 rings (SSSR count). The van der Waals surface area contributed by atoms with Gasteiger partial charge < -0.3 is 10.6 Å². The molecule has 20 heavy (non-hydrogen) atoms. The minimum Gasteiger partial charge on any atom is -0.308 e. The van der Waals surface area contributed by atoms with Crippen LogP contribution in [0, 0.1) is 12.8 Å². The van der Waals surface area contributed by atoms with Gasteiger partial charge in [-0.2, -0.15) is 0 Å². The third-order valence-electron chi connectivity index (χ3n) is 3.21. The van der Waals surface area contributed by atoms with E-state index < -0.39 is 0 Å². The van der Waals surface area contributed by atoms with E-state index in [1.807, 2.05) is 12.1 Å². The van der Waals surface area contributed by atoms with E-state index in [4.69, 9.17) is 0 Å². The number of aryl methyl sites for hydroxylation is 1. The van der Waals surface area contributed by atoms with Crippen molar-refractivity contribution in [1.82, 2.24) is 10.3 Å². The van der Waals surface area contributed by atoms with Crippen molar-refractivity contribution in [2.45, 2.75) is 19.8 Å². The number of amides is 1. The highest BCUT2D eigenvalue weighted by Crippen LogP contribution is 2.28. The number of hydrogen-bond donors (Lipinski definition) is 2. The number of fused-ring (bicyclic) bond motifs is 1. The van der Waals surface area contributed by atoms with Crippen molar-refractivity contribution < 1.29 is 4.79 Å². The van der Waals surface area contributed by atoms with Crippen LogP contribution in [-0.2, 0) is 4.79 Å². The van der Waals surface area contributed by atoms with Crippen LogP contribution in [0.15, 0.2) is 18.2 Å². The number of aromatic nitrogens is 1. The van der Waals surface area contributed by atoms with E-state index in [9.17, 15) is 4.79 Å². The van der Waals surface area contributed by atoms with Gasteiger partial charge in [0, 0.05) is 0 Å². The molecule has 0 aliphatic heterocycles. The molecule has 0 atom stereocenters. The second kappa shape index (κ2) is 6.52. The summed E-state index contributed by atoms with van der Waals surface area (Å²) in [6, 6.07) is 6.11. The van der Waals surface area contributed by atoms with Crippen molar-refractivity contribution in [2.24, 2.45) is 5.92 Å². The van der Waals surface area contributed by atoms with Crippen molar-refractivity contribution in [3.05, 3.63) is 23.8 Å². The fourth-order valence-corrected chi connectivity index (χ4v) is 2.94. The van der Waals surface area contributed by atoms with E-state index in [-0.39, 0.29) is 18.3 Å². The van der Waals surface area contributed by atoms with Crippen LogP contribution < -0.4 is 10.6 Å². The Hall–Kier alpha value is -1.17. The third-order valence-corrected chi connectivity index (χ3v) is 4.14. The quantitative estimate of drug-likeness (QED) is 0.892. The number of halogens is 1. The second-order valence-corrected chi connectivity index (χ2v) is 6.14. The molecule has 1 aliphatic carbocycles. The molecule has 1 heterocycles. The van der Waals surface area contributed by atoms with Crippen molar-refractivity contribution in [1.29, 1.82) is 0 Å². The number of benzene rings is 1. The molecule has 1 saturated carbocycles. The average molecular weight is 312 g/mol. The summed E-state index contributed by atoms with van der Waals surface area (Å²) in [5, 5.41) is 6.71. The molecule has 1 fully saturated rings. The van der Waals surface area contributed by atoms with Gasteiger partial charge in [0.05, 0.1) is 16.8 Å². The van der Waals surface area contributed by atoms with Crippen LogP contribution in [-0.4, -0.2) is 24.0 Å². The molecule has 0 saturated heterocycles. The molecular weight excluding hydrogens is 294 g/mol. The number of carbonyl (C=O) groups is 1. The smallest absolute Gasteiger partial charge is 0.240 e. The number of hydrogen-bond acceptors (Lipinski definition) is 4. The second-order valence-electron chi connectivity index (χ2n) is 5.11. The molecule has 2 N–H and O–H groups in total. The topological polar surface area (TPSA) is 54.0 Å². The summed E-state index contributed by atoms with van der Waals surface area (Å²) >= 11 is 1.52. The van der Waals surface area contributed by atoms with Crippen LogP contribution in [0.4, 0.5) is 5.13 Å². The van der Waals surface area contributed by atoms with E-state index in [2.05, 4.69) is 28.6 Å². The number of nitrogens with one attached hydrogen (secondary N) is 2. The summed E-state index contributed by atoms with van der Waals surface area (Å²) in [5.41, 5.74) is 2.15. The summed E-state index contributed by atoms with van der Waals surface area (Å²) < 4.78 is 1.11. The van der Waals surface area contributed by atoms with Crippen molar-refractivity contribution in [3.63, 3.8) is 0 Å². The molecule has 0 spiro atoms. The standard InChI is InChI=1S/C14H17N3OS.ClH/c1-9-2-5-11-12(6-9)19-14(16-11)17-13(18)8-15-7-10-3-4-10;/h2,5-6,10,15H,3-4,7-8H2,1H3,(H,16,17,18);1H. The Morgan fingerprint density at radius 1 is 1.45 bits per heavy atom. The van der Waals surface area contributed by atoms with Gasteiger partial charge in [0.25, 0.3) is 0 Å². The van der Waals surface area contributed by atoms with Gasteiger partial charge in [0.2, 0.25) is 5.91 Å². The lowest BCUT2D eigenvalue weighted by molar-refractivity contribution is -0.115. The predicted molar refractivity (Wildman–Crippen MR) is 85.8 cm³/mol. The maximum Gasteiger partial charge on any atom is 0.240 e. The summed E-state index contributed by atoms with van der Waals surface area (Å²) in [6.07, 6.45) is 2.59. The van der Waals surface area contributed by atoms with Crippen LogP contribution in [0.1, 0.15) is 18.4 Å². The fourth-order valence-electron chi connectivity index (χ4n) is 1.96. The molecule has 1 amide bonds. The Labute approximate surface area is 128 Å². The van der Waals surface area contributed by atoms with Gasteiger partial charge in [0.1, 0.15) is 0 Å². The fraction of sp³-hybridized carbons (Fsp3) is 0.429. The number of rotatable bonds is 5. The van der Waals surface area contributed by atoms with Gasteiger partial charge in [-0.25, -0.2) is 4.98 Å². The van der Waals surface area contributed by atoms with Gasteiger partial charge in [-0.1, -0.05) is 17.4 Å². The van der Waals surface area contributed by atoms with E-state index in [1.54, 1.807) is 0 Å². The Balaban J connectivity index is 0.00000147. The van der Waals surface area contributed by atoms with E-state index in [1.165, 1.54) is 29.7 Å². The minimum atomic E-state index is -0.0172. The maximum absolute atomic E-state index is 11.8. The third kappa shape index (κ3) is 3.91. The van der Waals surface area contributed by atoms with Gasteiger partial charge in [0.15, 0.2) is 5.13 Å². The van der Waals surface area contributed by atoms with Gasteiger partial charge in [-0.3, -0.25) is 4.79 Å². The molecule has 0 unspecified atom stereocenters. The molecule has 4 nitrogen and oxygen atoms in total. The first-order chi connectivity index (χ1) is 9.20. The highest BCUT2D eigenvalue weighted by molar-refractivity contribution is 7.22. The Bertz CT molecular complexity index is 609. The Morgan fingerprint density at radius 2 is 2.25 bits per heavy atom. The normalized spacial score (nSPS) is 14.1. The van der Waals surface area contributed by atoms with Crippen molar-refractivity contribution in [2.75, 3.05) is 18.4 Å². The largest absolute Gasteiger partial charge is 0.308 e. The van der Waals surface area contributed by atoms with Crippen LogP contribution >= 0.6 is 23.7 Å². The lowest BCUT2D eigenvalue weighted by atomic mass is 10.2. The Kier molecular flexibility index (Phi) is 4.96. The highest BCUT2D eigenvalue weighted by atomic mass is 35.5. The molecule has 1 aromatic carbocycles. The highest BCUT2D eigenvalue weighted by Gasteiger charge is 2.20. The van der Waals surface area contributed by atoms with Gasteiger partial charge >= 0.3 is 0 Å². The van der Waals surface area contributed by atoms with E-state index >= 15 is 0 Å². The molecule has 0 bridgehead atoms. The minimum absolute atomic E-state index is 0. The number of anilines is 1. The van der Waals surface area contributed by atoms with Gasteiger partial charge in [-0.05, 0) is 49.9 Å². The summed E-state index contributed by atoms with van der Waals surface area (Å²) in [7, 11) is 0. The number of carbonyl (C=O) groups excluding carboxylic acids is 1. The lowest BCUT2D eigenvalue weighted by Gasteiger charge is -2.02.